The molecule has 0 atom stereocenters. The molecular weight excluding hydrogens is 454 g/mol. The zero-order valence-corrected chi connectivity index (χ0v) is 19.6. The average molecular weight is 474 g/mol. The topological polar surface area (TPSA) is 72.2 Å². The minimum atomic E-state index is -0.147. The molecule has 0 saturated heterocycles. The summed E-state index contributed by atoms with van der Waals surface area (Å²) >= 11 is 7.50. The quantitative estimate of drug-likeness (QED) is 0.319. The Morgan fingerprint density at radius 3 is 2.61 bits per heavy atom. The maximum atomic E-state index is 12.6. The van der Waals surface area contributed by atoms with E-state index in [0.29, 0.717) is 21.4 Å². The van der Waals surface area contributed by atoms with Gasteiger partial charge in [-0.3, -0.25) is 9.20 Å². The molecule has 0 aliphatic rings. The fourth-order valence-corrected chi connectivity index (χ4v) is 4.49. The molecule has 8 heteroatoms. The van der Waals surface area contributed by atoms with E-state index in [9.17, 15) is 4.79 Å². The standard InChI is InChI=1S/C25H20ClN5OS/c1-15-7-10-17(11-8-15)23-29-30-24-25(28-20-5-3-4-6-21(20)31(23)24)33-14-22(32)27-18-12-9-16(2)19(26)13-18/h3-13H,14H2,1-2H3,(H,27,32). The van der Waals surface area contributed by atoms with Gasteiger partial charge in [0.25, 0.3) is 0 Å². The van der Waals surface area contributed by atoms with Gasteiger partial charge in [-0.05, 0) is 43.7 Å². The first-order chi connectivity index (χ1) is 16.0. The molecule has 0 spiro atoms. The summed E-state index contributed by atoms with van der Waals surface area (Å²) in [6, 6.07) is 21.5. The molecule has 0 aliphatic carbocycles. The van der Waals surface area contributed by atoms with Gasteiger partial charge in [0.1, 0.15) is 5.03 Å². The highest BCUT2D eigenvalue weighted by molar-refractivity contribution is 8.00. The summed E-state index contributed by atoms with van der Waals surface area (Å²) in [5.41, 5.74) is 6.12. The van der Waals surface area contributed by atoms with Gasteiger partial charge >= 0.3 is 0 Å². The van der Waals surface area contributed by atoms with Crippen LogP contribution in [-0.2, 0) is 4.79 Å². The Morgan fingerprint density at radius 1 is 1.03 bits per heavy atom. The molecule has 0 bridgehead atoms. The average Bonchev–Trinajstić information content (AvgIpc) is 3.26. The number of benzene rings is 3. The van der Waals surface area contributed by atoms with Crippen LogP contribution in [0.4, 0.5) is 5.69 Å². The van der Waals surface area contributed by atoms with Gasteiger partial charge in [0.2, 0.25) is 5.91 Å². The Morgan fingerprint density at radius 2 is 1.82 bits per heavy atom. The maximum Gasteiger partial charge on any atom is 0.234 e. The van der Waals surface area contributed by atoms with E-state index in [2.05, 4.69) is 34.6 Å². The van der Waals surface area contributed by atoms with Crippen LogP contribution in [0.2, 0.25) is 5.02 Å². The van der Waals surface area contributed by atoms with E-state index in [0.717, 1.165) is 28.0 Å². The number of carbonyl (C=O) groups is 1. The minimum Gasteiger partial charge on any atom is -0.325 e. The molecule has 0 radical (unpaired) electrons. The van der Waals surface area contributed by atoms with Crippen molar-refractivity contribution in [1.82, 2.24) is 19.6 Å². The SMILES string of the molecule is Cc1ccc(-c2nnc3c(SCC(=O)Nc4ccc(C)c(Cl)c4)nc4ccccc4n23)cc1. The number of nitrogens with one attached hydrogen (secondary N) is 1. The van der Waals surface area contributed by atoms with E-state index >= 15 is 0 Å². The maximum absolute atomic E-state index is 12.6. The van der Waals surface area contributed by atoms with E-state index in [1.165, 1.54) is 17.3 Å². The molecule has 164 valence electrons. The summed E-state index contributed by atoms with van der Waals surface area (Å²) in [6.07, 6.45) is 0. The van der Waals surface area contributed by atoms with Crippen molar-refractivity contribution in [2.75, 3.05) is 11.1 Å². The highest BCUT2D eigenvalue weighted by atomic mass is 35.5. The van der Waals surface area contributed by atoms with Crippen LogP contribution >= 0.6 is 23.4 Å². The lowest BCUT2D eigenvalue weighted by Crippen LogP contribution is -2.14. The van der Waals surface area contributed by atoms with Crippen molar-refractivity contribution in [3.05, 3.63) is 82.9 Å². The van der Waals surface area contributed by atoms with Crippen LogP contribution in [0.15, 0.2) is 71.8 Å². The van der Waals surface area contributed by atoms with Crippen LogP contribution in [0.25, 0.3) is 28.1 Å². The molecule has 3 aromatic carbocycles. The number of rotatable bonds is 5. The van der Waals surface area contributed by atoms with E-state index < -0.39 is 0 Å². The second-order valence-electron chi connectivity index (χ2n) is 7.76. The molecule has 0 fully saturated rings. The molecule has 0 aliphatic heterocycles. The third kappa shape index (κ3) is 4.29. The summed E-state index contributed by atoms with van der Waals surface area (Å²) in [5.74, 6) is 0.773. The molecule has 2 aromatic heterocycles. The van der Waals surface area contributed by atoms with Crippen LogP contribution in [0.5, 0.6) is 0 Å². The van der Waals surface area contributed by atoms with Crippen molar-refractivity contribution in [3.8, 4) is 11.4 Å². The summed E-state index contributed by atoms with van der Waals surface area (Å²) < 4.78 is 2.01. The van der Waals surface area contributed by atoms with E-state index in [1.54, 1.807) is 6.07 Å². The number of carbonyl (C=O) groups excluding carboxylic acids is 1. The number of para-hydroxylation sites is 2. The molecular formula is C25H20ClN5OS. The van der Waals surface area contributed by atoms with Crippen LogP contribution < -0.4 is 5.32 Å². The number of amides is 1. The monoisotopic (exact) mass is 473 g/mol. The number of halogens is 1. The van der Waals surface area contributed by atoms with Crippen molar-refractivity contribution in [1.29, 1.82) is 0 Å². The fourth-order valence-electron chi connectivity index (χ4n) is 3.55. The summed E-state index contributed by atoms with van der Waals surface area (Å²) in [7, 11) is 0. The Balaban J connectivity index is 1.48. The van der Waals surface area contributed by atoms with Gasteiger partial charge in [0, 0.05) is 16.3 Å². The van der Waals surface area contributed by atoms with Crippen LogP contribution in [0.1, 0.15) is 11.1 Å². The lowest BCUT2D eigenvalue weighted by molar-refractivity contribution is -0.113. The highest BCUT2D eigenvalue weighted by Gasteiger charge is 2.17. The van der Waals surface area contributed by atoms with Gasteiger partial charge in [-0.25, -0.2) is 4.98 Å². The number of nitrogens with zero attached hydrogens (tertiary/aromatic N) is 4. The van der Waals surface area contributed by atoms with Gasteiger partial charge in [0.15, 0.2) is 11.5 Å². The van der Waals surface area contributed by atoms with E-state index in [-0.39, 0.29) is 11.7 Å². The normalized spacial score (nSPS) is 11.2. The molecule has 6 nitrogen and oxygen atoms in total. The molecule has 33 heavy (non-hydrogen) atoms. The summed E-state index contributed by atoms with van der Waals surface area (Å²) in [6.45, 7) is 3.97. The van der Waals surface area contributed by atoms with Crippen molar-refractivity contribution in [3.63, 3.8) is 0 Å². The zero-order valence-electron chi connectivity index (χ0n) is 18.0. The molecule has 5 rings (SSSR count). The summed E-state index contributed by atoms with van der Waals surface area (Å²) in [4.78, 5) is 17.4. The number of hydrogen-bond donors (Lipinski definition) is 1. The first kappa shape index (κ1) is 21.4. The second-order valence-corrected chi connectivity index (χ2v) is 9.13. The van der Waals surface area contributed by atoms with Crippen molar-refractivity contribution < 1.29 is 4.79 Å². The number of hydrogen-bond acceptors (Lipinski definition) is 5. The van der Waals surface area contributed by atoms with Gasteiger partial charge in [-0.2, -0.15) is 0 Å². The molecule has 0 saturated carbocycles. The third-order valence-electron chi connectivity index (χ3n) is 5.30. The molecule has 1 N–H and O–H groups in total. The van der Waals surface area contributed by atoms with Crippen LogP contribution in [0, 0.1) is 13.8 Å². The number of fused-ring (bicyclic) bond motifs is 3. The second kappa shape index (κ2) is 8.84. The third-order valence-corrected chi connectivity index (χ3v) is 6.67. The molecule has 1 amide bonds. The smallest absolute Gasteiger partial charge is 0.234 e. The Bertz CT molecular complexity index is 1500. The van der Waals surface area contributed by atoms with Crippen LogP contribution in [0.3, 0.4) is 0 Å². The van der Waals surface area contributed by atoms with Crippen molar-refractivity contribution >= 4 is 51.6 Å². The fraction of sp³-hybridized carbons (Fsp3) is 0.120. The first-order valence-corrected chi connectivity index (χ1v) is 11.8. The van der Waals surface area contributed by atoms with Gasteiger partial charge < -0.3 is 5.32 Å². The summed E-state index contributed by atoms with van der Waals surface area (Å²) in [5, 5.41) is 13.0. The number of aromatic nitrogens is 4. The Labute approximate surface area is 200 Å². The minimum absolute atomic E-state index is 0.147. The number of thioether (sulfide) groups is 1. The highest BCUT2D eigenvalue weighted by Crippen LogP contribution is 2.29. The van der Waals surface area contributed by atoms with Crippen molar-refractivity contribution in [2.24, 2.45) is 0 Å². The van der Waals surface area contributed by atoms with Gasteiger partial charge in [-0.15, -0.1) is 10.2 Å². The predicted octanol–water partition coefficient (Wildman–Crippen LogP) is 5.95. The first-order valence-electron chi connectivity index (χ1n) is 10.4. The number of aryl methyl sites for hydroxylation is 2. The van der Waals surface area contributed by atoms with E-state index in [1.807, 2.05) is 59.9 Å². The lowest BCUT2D eigenvalue weighted by Gasteiger charge is -2.09. The van der Waals surface area contributed by atoms with Gasteiger partial charge in [-0.1, -0.05) is 71.4 Å². The number of anilines is 1. The predicted molar refractivity (Wildman–Crippen MR) is 134 cm³/mol. The zero-order chi connectivity index (χ0) is 22.9. The Kier molecular flexibility index (Phi) is 5.74. The Hall–Kier alpha value is -3.42. The van der Waals surface area contributed by atoms with Gasteiger partial charge in [0.05, 0.1) is 16.8 Å². The van der Waals surface area contributed by atoms with E-state index in [4.69, 9.17) is 16.6 Å². The molecule has 5 aromatic rings. The largest absolute Gasteiger partial charge is 0.325 e. The van der Waals surface area contributed by atoms with Crippen LogP contribution in [-0.4, -0.2) is 31.2 Å². The molecule has 0 unspecified atom stereocenters. The lowest BCUT2D eigenvalue weighted by atomic mass is 10.1. The molecule has 2 heterocycles. The van der Waals surface area contributed by atoms with Crippen molar-refractivity contribution in [2.45, 2.75) is 18.9 Å².